The van der Waals surface area contributed by atoms with Crippen molar-refractivity contribution in [3.8, 4) is 6.07 Å². The third kappa shape index (κ3) is 4.52. The highest BCUT2D eigenvalue weighted by Gasteiger charge is 2.23. The second-order valence-electron chi connectivity index (χ2n) is 7.63. The molecule has 0 bridgehead atoms. The fourth-order valence-electron chi connectivity index (χ4n) is 3.81. The Labute approximate surface area is 186 Å². The van der Waals surface area contributed by atoms with E-state index in [4.69, 9.17) is 5.26 Å². The van der Waals surface area contributed by atoms with E-state index < -0.39 is 4.92 Å². The van der Waals surface area contributed by atoms with Crippen molar-refractivity contribution in [3.05, 3.63) is 92.3 Å². The molecule has 8 nitrogen and oxygen atoms in total. The first-order valence-electron chi connectivity index (χ1n) is 10.3. The average molecular weight is 431 g/mol. The summed E-state index contributed by atoms with van der Waals surface area (Å²) in [7, 11) is 0. The van der Waals surface area contributed by atoms with Crippen LogP contribution in [-0.4, -0.2) is 32.1 Å². The number of aromatic nitrogens is 2. The van der Waals surface area contributed by atoms with Crippen LogP contribution < -0.4 is 0 Å². The second kappa shape index (κ2) is 9.43. The topological polar surface area (TPSA) is 105 Å². The number of hydrogen-bond acceptors (Lipinski definition) is 5. The predicted octanol–water partition coefficient (Wildman–Crippen LogP) is 4.55. The normalized spacial score (nSPS) is 11.6. The molecule has 8 heteroatoms. The molecule has 0 fully saturated rings. The smallest absolute Gasteiger partial charge is 0.312 e. The van der Waals surface area contributed by atoms with Gasteiger partial charge in [-0.1, -0.05) is 24.3 Å². The van der Waals surface area contributed by atoms with Crippen molar-refractivity contribution in [2.75, 3.05) is 6.54 Å². The van der Waals surface area contributed by atoms with E-state index in [1.807, 2.05) is 38.1 Å². The molecular weight excluding hydrogens is 406 g/mol. The lowest BCUT2D eigenvalue weighted by Gasteiger charge is -2.28. The highest BCUT2D eigenvalue weighted by Crippen LogP contribution is 2.24. The third-order valence-corrected chi connectivity index (χ3v) is 5.65. The molecule has 1 amide bonds. The third-order valence-electron chi connectivity index (χ3n) is 5.65. The summed E-state index contributed by atoms with van der Waals surface area (Å²) in [4.78, 5) is 25.7. The number of rotatable bonds is 7. The van der Waals surface area contributed by atoms with Crippen molar-refractivity contribution >= 4 is 11.6 Å². The molecule has 1 atom stereocenters. The molecule has 1 heterocycles. The minimum Gasteiger partial charge on any atom is -0.332 e. The van der Waals surface area contributed by atoms with Gasteiger partial charge < -0.3 is 4.90 Å². The highest BCUT2D eigenvalue weighted by atomic mass is 16.6. The number of carbonyl (C=O) groups is 1. The molecule has 3 aromatic rings. The predicted molar refractivity (Wildman–Crippen MR) is 120 cm³/mol. The maximum absolute atomic E-state index is 13.1. The standard InChI is InChI=1S/C24H25N5O3/c1-5-27(17(3)21-10-6-19(14-25)7-11-21)24(30)22-12-8-20(9-13-22)15-28-18(4)23(29(31)32)16(2)26-28/h6-13,17H,5,15H2,1-4H3. The monoisotopic (exact) mass is 431 g/mol. The van der Waals surface area contributed by atoms with Crippen LogP contribution in [0.1, 0.15) is 58.3 Å². The summed E-state index contributed by atoms with van der Waals surface area (Å²) in [5.74, 6) is -0.0855. The van der Waals surface area contributed by atoms with E-state index in [1.54, 1.807) is 47.7 Å². The Morgan fingerprint density at radius 2 is 1.81 bits per heavy atom. The van der Waals surface area contributed by atoms with Crippen molar-refractivity contribution in [1.82, 2.24) is 14.7 Å². The van der Waals surface area contributed by atoms with Gasteiger partial charge in [0.1, 0.15) is 11.4 Å². The van der Waals surface area contributed by atoms with Crippen molar-refractivity contribution in [2.24, 2.45) is 0 Å². The molecule has 2 aromatic carbocycles. The van der Waals surface area contributed by atoms with Gasteiger partial charge in [0.25, 0.3) is 5.91 Å². The van der Waals surface area contributed by atoms with Crippen LogP contribution in [-0.2, 0) is 6.54 Å². The Bertz CT molecular complexity index is 1170. The van der Waals surface area contributed by atoms with Gasteiger partial charge in [-0.2, -0.15) is 10.4 Å². The summed E-state index contributed by atoms with van der Waals surface area (Å²) >= 11 is 0. The fraction of sp³-hybridized carbons (Fsp3) is 0.292. The zero-order chi connectivity index (χ0) is 23.4. The van der Waals surface area contributed by atoms with Crippen LogP contribution in [0, 0.1) is 35.3 Å². The lowest BCUT2D eigenvalue weighted by atomic mass is 10.0. The van der Waals surface area contributed by atoms with Crippen LogP contribution in [0.5, 0.6) is 0 Å². The summed E-state index contributed by atoms with van der Waals surface area (Å²) in [5, 5.41) is 24.5. The largest absolute Gasteiger partial charge is 0.332 e. The SMILES string of the molecule is CCN(C(=O)c1ccc(Cn2nc(C)c([N+](=O)[O-])c2C)cc1)C(C)c1ccc(C#N)cc1. The van der Waals surface area contributed by atoms with E-state index in [0.29, 0.717) is 35.6 Å². The minimum absolute atomic E-state index is 0.0344. The number of nitro groups is 1. The van der Waals surface area contributed by atoms with Crippen LogP contribution in [0.2, 0.25) is 0 Å². The summed E-state index contributed by atoms with van der Waals surface area (Å²) in [5.41, 5.74) is 3.92. The molecule has 32 heavy (non-hydrogen) atoms. The first-order chi connectivity index (χ1) is 15.3. The zero-order valence-corrected chi connectivity index (χ0v) is 18.6. The van der Waals surface area contributed by atoms with Crippen molar-refractivity contribution < 1.29 is 9.72 Å². The zero-order valence-electron chi connectivity index (χ0n) is 18.6. The van der Waals surface area contributed by atoms with Crippen LogP contribution in [0.15, 0.2) is 48.5 Å². The molecule has 1 aromatic heterocycles. The molecule has 0 N–H and O–H groups in total. The van der Waals surface area contributed by atoms with Gasteiger partial charge in [0.2, 0.25) is 0 Å². The van der Waals surface area contributed by atoms with Gasteiger partial charge in [0.15, 0.2) is 0 Å². The van der Waals surface area contributed by atoms with E-state index in [9.17, 15) is 14.9 Å². The Morgan fingerprint density at radius 1 is 1.19 bits per heavy atom. The Morgan fingerprint density at radius 3 is 2.31 bits per heavy atom. The molecule has 3 rings (SSSR count). The van der Waals surface area contributed by atoms with E-state index >= 15 is 0 Å². The van der Waals surface area contributed by atoms with Crippen molar-refractivity contribution in [3.63, 3.8) is 0 Å². The molecule has 0 aliphatic rings. The van der Waals surface area contributed by atoms with Crippen LogP contribution >= 0.6 is 0 Å². The number of carbonyl (C=O) groups excluding carboxylic acids is 1. The molecule has 0 saturated carbocycles. The molecule has 0 radical (unpaired) electrons. The van der Waals surface area contributed by atoms with E-state index in [-0.39, 0.29) is 17.6 Å². The Hall–Kier alpha value is -3.99. The number of aryl methyl sites for hydroxylation is 1. The van der Waals surface area contributed by atoms with Crippen molar-refractivity contribution in [2.45, 2.75) is 40.3 Å². The van der Waals surface area contributed by atoms with Gasteiger partial charge in [-0.25, -0.2) is 0 Å². The number of nitriles is 1. The summed E-state index contributed by atoms with van der Waals surface area (Å²) in [6.07, 6.45) is 0. The van der Waals surface area contributed by atoms with E-state index in [1.165, 1.54) is 0 Å². The van der Waals surface area contributed by atoms with Gasteiger partial charge >= 0.3 is 5.69 Å². The number of amides is 1. The molecule has 1 unspecified atom stereocenters. The quantitative estimate of drug-likeness (QED) is 0.403. The molecule has 0 aliphatic carbocycles. The summed E-state index contributed by atoms with van der Waals surface area (Å²) in [6, 6.07) is 16.4. The van der Waals surface area contributed by atoms with Crippen molar-refractivity contribution in [1.29, 1.82) is 5.26 Å². The second-order valence-corrected chi connectivity index (χ2v) is 7.63. The number of benzene rings is 2. The minimum atomic E-state index is -0.412. The van der Waals surface area contributed by atoms with Crippen LogP contribution in [0.4, 0.5) is 5.69 Å². The van der Waals surface area contributed by atoms with Crippen LogP contribution in [0.25, 0.3) is 0 Å². The summed E-state index contributed by atoms with van der Waals surface area (Å²) < 4.78 is 1.61. The van der Waals surface area contributed by atoms with Gasteiger partial charge in [-0.05, 0) is 63.1 Å². The number of nitrogens with zero attached hydrogens (tertiary/aromatic N) is 5. The van der Waals surface area contributed by atoms with E-state index in [0.717, 1.165) is 11.1 Å². The van der Waals surface area contributed by atoms with Gasteiger partial charge in [-0.15, -0.1) is 0 Å². The first-order valence-corrected chi connectivity index (χ1v) is 10.3. The fourth-order valence-corrected chi connectivity index (χ4v) is 3.81. The Balaban J connectivity index is 1.77. The summed E-state index contributed by atoms with van der Waals surface area (Å²) in [6.45, 7) is 8.12. The molecule has 0 spiro atoms. The van der Waals surface area contributed by atoms with Gasteiger partial charge in [0, 0.05) is 12.1 Å². The maximum Gasteiger partial charge on any atom is 0.312 e. The molecule has 164 valence electrons. The molecular formula is C24H25N5O3. The first kappa shape index (κ1) is 22.7. The maximum atomic E-state index is 13.1. The van der Waals surface area contributed by atoms with Gasteiger partial charge in [0.05, 0.1) is 29.1 Å². The average Bonchev–Trinajstić information content (AvgIpc) is 3.07. The van der Waals surface area contributed by atoms with Crippen LogP contribution in [0.3, 0.4) is 0 Å². The Kier molecular flexibility index (Phi) is 6.69. The molecule has 0 saturated heterocycles. The van der Waals surface area contributed by atoms with Gasteiger partial charge in [-0.3, -0.25) is 19.6 Å². The lowest BCUT2D eigenvalue weighted by molar-refractivity contribution is -0.386. The lowest BCUT2D eigenvalue weighted by Crippen LogP contribution is -2.33. The number of hydrogen-bond donors (Lipinski definition) is 0. The molecule has 0 aliphatic heterocycles. The van der Waals surface area contributed by atoms with E-state index in [2.05, 4.69) is 11.2 Å². The highest BCUT2D eigenvalue weighted by molar-refractivity contribution is 5.94.